The summed E-state index contributed by atoms with van der Waals surface area (Å²) in [6, 6.07) is 3.62. The van der Waals surface area contributed by atoms with Crippen LogP contribution in [0.4, 0.5) is 13.2 Å². The molecule has 0 aliphatic carbocycles. The van der Waals surface area contributed by atoms with Gasteiger partial charge in [-0.1, -0.05) is 13.0 Å². The molecule has 0 amide bonds. The van der Waals surface area contributed by atoms with E-state index in [9.17, 15) is 13.2 Å². The summed E-state index contributed by atoms with van der Waals surface area (Å²) in [6.07, 6.45) is 2.26. The first kappa shape index (κ1) is 10.9. The summed E-state index contributed by atoms with van der Waals surface area (Å²) in [6.45, 7) is -1.14. The molecule has 0 aliphatic heterocycles. The second-order valence-corrected chi connectivity index (χ2v) is 2.74. The Bertz CT molecular complexity index is 299. The van der Waals surface area contributed by atoms with Crippen LogP contribution in [0.1, 0.15) is 12.5 Å². The number of halogens is 3. The molecule has 0 atom stereocenters. The number of ether oxygens (including phenoxy) is 1. The molecule has 77 valence electrons. The minimum atomic E-state index is -2.92. The van der Waals surface area contributed by atoms with Crippen LogP contribution in [-0.2, 0) is 6.42 Å². The fourth-order valence-corrected chi connectivity index (χ4v) is 1.12. The molecule has 0 heterocycles. The Kier molecular flexibility index (Phi) is 3.80. The summed E-state index contributed by atoms with van der Waals surface area (Å²) in [5.41, 5.74) is 0.550. The van der Waals surface area contributed by atoms with E-state index >= 15 is 0 Å². The van der Waals surface area contributed by atoms with E-state index in [0.717, 1.165) is 6.07 Å². The average molecular weight is 203 g/mol. The fourth-order valence-electron chi connectivity index (χ4n) is 1.12. The zero-order valence-electron chi connectivity index (χ0n) is 7.64. The second kappa shape index (κ2) is 4.88. The van der Waals surface area contributed by atoms with Gasteiger partial charge in [-0.05, 0) is 24.5 Å². The van der Waals surface area contributed by atoms with Crippen molar-refractivity contribution in [1.29, 1.82) is 0 Å². The zero-order valence-corrected chi connectivity index (χ0v) is 7.64. The molecule has 1 nitrogen and oxygen atoms in total. The van der Waals surface area contributed by atoms with Crippen molar-refractivity contribution in [3.63, 3.8) is 0 Å². The van der Waals surface area contributed by atoms with Crippen molar-refractivity contribution in [1.82, 2.24) is 0 Å². The Morgan fingerprint density at radius 3 is 2.71 bits per heavy atom. The molecule has 0 aromatic heterocycles. The van der Waals surface area contributed by atoms with Crippen molar-refractivity contribution >= 4 is 0 Å². The van der Waals surface area contributed by atoms with Crippen molar-refractivity contribution in [3.05, 3.63) is 36.0 Å². The van der Waals surface area contributed by atoms with Gasteiger partial charge in [-0.2, -0.15) is 8.78 Å². The number of hydrogen-bond acceptors (Lipinski definition) is 1. The van der Waals surface area contributed by atoms with Crippen molar-refractivity contribution in [2.45, 2.75) is 20.0 Å². The van der Waals surface area contributed by atoms with Gasteiger partial charge in [0.2, 0.25) is 0 Å². The van der Waals surface area contributed by atoms with Gasteiger partial charge in [-0.3, -0.25) is 0 Å². The Labute approximate surface area is 80.5 Å². The molecule has 0 saturated carbocycles. The van der Waals surface area contributed by atoms with Crippen LogP contribution >= 0.6 is 0 Å². The SMILES string of the molecule is C[CH]Cc1ccc(F)cc1OC(F)F. The van der Waals surface area contributed by atoms with Crippen LogP contribution in [0.15, 0.2) is 18.2 Å². The maximum Gasteiger partial charge on any atom is 0.387 e. The van der Waals surface area contributed by atoms with Crippen LogP contribution in [0.2, 0.25) is 0 Å². The Morgan fingerprint density at radius 1 is 1.43 bits per heavy atom. The minimum absolute atomic E-state index is 0.0990. The molecule has 0 saturated heterocycles. The Hall–Kier alpha value is -1.19. The van der Waals surface area contributed by atoms with E-state index in [4.69, 9.17) is 0 Å². The molecule has 1 rings (SSSR count). The maximum atomic E-state index is 12.7. The van der Waals surface area contributed by atoms with Crippen molar-refractivity contribution in [3.8, 4) is 5.75 Å². The van der Waals surface area contributed by atoms with Crippen LogP contribution < -0.4 is 4.74 Å². The zero-order chi connectivity index (χ0) is 10.6. The highest BCUT2D eigenvalue weighted by Gasteiger charge is 2.09. The monoisotopic (exact) mass is 203 g/mol. The third-order valence-electron chi connectivity index (χ3n) is 1.67. The first-order valence-corrected chi connectivity index (χ1v) is 4.14. The number of benzene rings is 1. The molecular formula is C10H10F3O. The lowest BCUT2D eigenvalue weighted by atomic mass is 10.1. The Balaban J connectivity index is 2.90. The molecule has 0 aliphatic rings. The largest absolute Gasteiger partial charge is 0.434 e. The van der Waals surface area contributed by atoms with Crippen molar-refractivity contribution in [2.24, 2.45) is 0 Å². The molecule has 0 bridgehead atoms. The number of alkyl halides is 2. The molecular weight excluding hydrogens is 193 g/mol. The van der Waals surface area contributed by atoms with E-state index in [2.05, 4.69) is 4.74 Å². The molecule has 1 radical (unpaired) electrons. The third kappa shape index (κ3) is 2.94. The summed E-state index contributed by atoms with van der Waals surface area (Å²) in [5.74, 6) is -0.682. The van der Waals surface area contributed by atoms with Gasteiger partial charge in [0.25, 0.3) is 0 Å². The summed E-state index contributed by atoms with van der Waals surface area (Å²) in [4.78, 5) is 0. The number of rotatable bonds is 4. The highest BCUT2D eigenvalue weighted by Crippen LogP contribution is 2.22. The van der Waals surface area contributed by atoms with Crippen molar-refractivity contribution in [2.75, 3.05) is 0 Å². The lowest BCUT2D eigenvalue weighted by Crippen LogP contribution is -2.04. The molecule has 14 heavy (non-hydrogen) atoms. The van der Waals surface area contributed by atoms with Gasteiger partial charge in [0.1, 0.15) is 11.6 Å². The maximum absolute atomic E-state index is 12.7. The predicted molar refractivity (Wildman–Crippen MR) is 46.7 cm³/mol. The van der Waals surface area contributed by atoms with Crippen LogP contribution in [0.25, 0.3) is 0 Å². The van der Waals surface area contributed by atoms with E-state index in [1.165, 1.54) is 12.1 Å². The van der Waals surface area contributed by atoms with Gasteiger partial charge >= 0.3 is 6.61 Å². The van der Waals surface area contributed by atoms with Gasteiger partial charge in [-0.25, -0.2) is 4.39 Å². The summed E-state index contributed by atoms with van der Waals surface area (Å²) < 4.78 is 40.7. The van der Waals surface area contributed by atoms with E-state index < -0.39 is 12.4 Å². The van der Waals surface area contributed by atoms with Gasteiger partial charge in [-0.15, -0.1) is 0 Å². The van der Waals surface area contributed by atoms with Crippen LogP contribution in [-0.4, -0.2) is 6.61 Å². The highest BCUT2D eigenvalue weighted by molar-refractivity contribution is 5.34. The fraction of sp³-hybridized carbons (Fsp3) is 0.300. The predicted octanol–water partition coefficient (Wildman–Crippen LogP) is 3.19. The van der Waals surface area contributed by atoms with Crippen LogP contribution in [0.5, 0.6) is 5.75 Å². The van der Waals surface area contributed by atoms with E-state index in [-0.39, 0.29) is 5.75 Å². The van der Waals surface area contributed by atoms with Gasteiger partial charge < -0.3 is 4.74 Å². The molecule has 0 fully saturated rings. The average Bonchev–Trinajstić information content (AvgIpc) is 2.09. The highest BCUT2D eigenvalue weighted by atomic mass is 19.3. The third-order valence-corrected chi connectivity index (χ3v) is 1.67. The van der Waals surface area contributed by atoms with Gasteiger partial charge in [0, 0.05) is 6.07 Å². The smallest absolute Gasteiger partial charge is 0.387 e. The van der Waals surface area contributed by atoms with Crippen LogP contribution in [0, 0.1) is 12.2 Å². The summed E-state index contributed by atoms with van der Waals surface area (Å²) in [5, 5.41) is 0. The molecule has 0 N–H and O–H groups in total. The second-order valence-electron chi connectivity index (χ2n) is 2.74. The first-order chi connectivity index (χ1) is 6.63. The van der Waals surface area contributed by atoms with E-state index in [1.807, 2.05) is 0 Å². The lowest BCUT2D eigenvalue weighted by Gasteiger charge is -2.09. The molecule has 0 spiro atoms. The first-order valence-electron chi connectivity index (χ1n) is 4.14. The number of hydrogen-bond donors (Lipinski definition) is 0. The molecule has 4 heteroatoms. The molecule has 0 unspecified atom stereocenters. The van der Waals surface area contributed by atoms with Crippen molar-refractivity contribution < 1.29 is 17.9 Å². The van der Waals surface area contributed by atoms with E-state index in [0.29, 0.717) is 12.0 Å². The standard InChI is InChI=1S/C10H10F3O/c1-2-3-7-4-5-8(11)6-9(7)14-10(12)13/h2,4-6,10H,3H2,1H3. The quantitative estimate of drug-likeness (QED) is 0.730. The minimum Gasteiger partial charge on any atom is -0.434 e. The van der Waals surface area contributed by atoms with Crippen LogP contribution in [0.3, 0.4) is 0 Å². The summed E-state index contributed by atoms with van der Waals surface area (Å²) in [7, 11) is 0. The molecule has 1 aromatic carbocycles. The topological polar surface area (TPSA) is 9.23 Å². The lowest BCUT2D eigenvalue weighted by molar-refractivity contribution is -0.0505. The summed E-state index contributed by atoms with van der Waals surface area (Å²) >= 11 is 0. The normalized spacial score (nSPS) is 10.6. The molecule has 1 aromatic rings. The van der Waals surface area contributed by atoms with E-state index in [1.54, 1.807) is 13.3 Å². The van der Waals surface area contributed by atoms with Gasteiger partial charge in [0.15, 0.2) is 0 Å². The van der Waals surface area contributed by atoms with Gasteiger partial charge in [0.05, 0.1) is 0 Å². The Morgan fingerprint density at radius 2 is 2.14 bits per heavy atom.